The normalized spacial score (nSPS) is 17.7. The number of benzene rings is 1. The van der Waals surface area contributed by atoms with Gasteiger partial charge in [-0.2, -0.15) is 5.26 Å². The fraction of sp³-hybridized carbons (Fsp3) is 0.526. The summed E-state index contributed by atoms with van der Waals surface area (Å²) in [7, 11) is 0. The number of aliphatic carboxylic acids is 1. The zero-order valence-corrected chi connectivity index (χ0v) is 15.6. The van der Waals surface area contributed by atoms with Crippen LogP contribution in [-0.2, 0) is 9.59 Å². The number of anilines is 1. The number of nitrogens with zero attached hydrogens (tertiary/aromatic N) is 3. The Balaban J connectivity index is 1.48. The second kappa shape index (κ2) is 9.39. The van der Waals surface area contributed by atoms with Gasteiger partial charge in [0.1, 0.15) is 0 Å². The van der Waals surface area contributed by atoms with Gasteiger partial charge in [-0.15, -0.1) is 0 Å². The Morgan fingerprint density at radius 3 is 2.61 bits per heavy atom. The quantitative estimate of drug-likeness (QED) is 0.677. The van der Waals surface area contributed by atoms with E-state index in [0.717, 1.165) is 32.7 Å². The summed E-state index contributed by atoms with van der Waals surface area (Å²) < 4.78 is 10.5. The lowest BCUT2D eigenvalue weighted by Gasteiger charge is -2.35. The molecule has 0 spiro atoms. The van der Waals surface area contributed by atoms with Crippen LogP contribution in [0.2, 0.25) is 0 Å². The lowest BCUT2D eigenvalue weighted by molar-refractivity contribution is -0.144. The second-order valence-corrected chi connectivity index (χ2v) is 6.91. The van der Waals surface area contributed by atoms with Crippen LogP contribution in [0.25, 0.3) is 0 Å². The highest BCUT2D eigenvalue weighted by Gasteiger charge is 2.26. The van der Waals surface area contributed by atoms with E-state index in [4.69, 9.17) is 14.7 Å². The van der Waals surface area contributed by atoms with Crippen LogP contribution >= 0.6 is 0 Å². The molecule has 0 saturated carbocycles. The highest BCUT2D eigenvalue weighted by atomic mass is 16.7. The molecule has 1 fully saturated rings. The van der Waals surface area contributed by atoms with Gasteiger partial charge in [0.25, 0.3) is 0 Å². The molecule has 0 aromatic heterocycles. The Labute approximate surface area is 163 Å². The largest absolute Gasteiger partial charge is 0.481 e. The number of hydrogen-bond acceptors (Lipinski definition) is 7. The van der Waals surface area contributed by atoms with Crippen molar-refractivity contribution >= 4 is 17.6 Å². The standard InChI is InChI=1S/C19H24N4O5/c20-4-1-5-22-6-8-23(9-7-22)12-14(19(25)26)10-18(24)21-15-2-3-16-17(11-15)28-13-27-16/h2-3,11,14H,1,5-10,12-13H2,(H,21,24)(H,25,26). The minimum Gasteiger partial charge on any atom is -0.481 e. The number of hydrogen-bond donors (Lipinski definition) is 2. The third-order valence-corrected chi connectivity index (χ3v) is 4.92. The van der Waals surface area contributed by atoms with Gasteiger partial charge in [0.05, 0.1) is 12.0 Å². The van der Waals surface area contributed by atoms with E-state index in [9.17, 15) is 14.7 Å². The van der Waals surface area contributed by atoms with Gasteiger partial charge in [0, 0.05) is 63.9 Å². The number of fused-ring (bicyclic) bond motifs is 1. The third kappa shape index (κ3) is 5.34. The molecule has 2 heterocycles. The van der Waals surface area contributed by atoms with Gasteiger partial charge < -0.3 is 19.9 Å². The molecule has 0 radical (unpaired) electrons. The van der Waals surface area contributed by atoms with Crippen LogP contribution in [-0.4, -0.2) is 72.8 Å². The van der Waals surface area contributed by atoms with Crippen molar-refractivity contribution in [2.45, 2.75) is 12.8 Å². The van der Waals surface area contributed by atoms with Crippen molar-refractivity contribution in [3.05, 3.63) is 18.2 Å². The van der Waals surface area contributed by atoms with Crippen molar-refractivity contribution in [1.29, 1.82) is 5.26 Å². The van der Waals surface area contributed by atoms with E-state index in [1.54, 1.807) is 18.2 Å². The molecule has 3 rings (SSSR count). The summed E-state index contributed by atoms with van der Waals surface area (Å²) in [5.41, 5.74) is 0.546. The first-order valence-corrected chi connectivity index (χ1v) is 9.29. The number of amides is 1. The zero-order valence-electron chi connectivity index (χ0n) is 15.6. The van der Waals surface area contributed by atoms with E-state index in [1.807, 2.05) is 0 Å². The van der Waals surface area contributed by atoms with Crippen LogP contribution < -0.4 is 14.8 Å². The van der Waals surface area contributed by atoms with E-state index >= 15 is 0 Å². The van der Waals surface area contributed by atoms with E-state index in [-0.39, 0.29) is 19.1 Å². The molecule has 9 heteroatoms. The van der Waals surface area contributed by atoms with E-state index in [1.165, 1.54) is 0 Å². The molecule has 1 aromatic rings. The van der Waals surface area contributed by atoms with Gasteiger partial charge in [-0.1, -0.05) is 0 Å². The molecule has 150 valence electrons. The van der Waals surface area contributed by atoms with Crippen molar-refractivity contribution in [2.24, 2.45) is 5.92 Å². The first-order chi connectivity index (χ1) is 13.5. The molecular formula is C19H24N4O5. The van der Waals surface area contributed by atoms with Crippen molar-refractivity contribution < 1.29 is 24.2 Å². The number of carbonyl (C=O) groups excluding carboxylic acids is 1. The number of nitrogens with one attached hydrogen (secondary N) is 1. The fourth-order valence-electron chi connectivity index (χ4n) is 3.36. The van der Waals surface area contributed by atoms with Crippen LogP contribution in [0.15, 0.2) is 18.2 Å². The highest BCUT2D eigenvalue weighted by Crippen LogP contribution is 2.34. The summed E-state index contributed by atoms with van der Waals surface area (Å²) >= 11 is 0. The minimum absolute atomic E-state index is 0.0988. The second-order valence-electron chi connectivity index (χ2n) is 6.91. The summed E-state index contributed by atoms with van der Waals surface area (Å²) in [6.07, 6.45) is 0.399. The Hall–Kier alpha value is -2.83. The van der Waals surface area contributed by atoms with Crippen molar-refractivity contribution in [3.63, 3.8) is 0 Å². The number of carbonyl (C=O) groups is 2. The maximum atomic E-state index is 12.3. The van der Waals surface area contributed by atoms with Gasteiger partial charge >= 0.3 is 5.97 Å². The molecule has 2 N–H and O–H groups in total. The van der Waals surface area contributed by atoms with Crippen LogP contribution in [0, 0.1) is 17.2 Å². The number of rotatable bonds is 8. The molecule has 2 aliphatic rings. The number of nitriles is 1. The molecule has 1 unspecified atom stereocenters. The summed E-state index contributed by atoms with van der Waals surface area (Å²) in [6, 6.07) is 7.20. The zero-order chi connectivity index (χ0) is 19.9. The van der Waals surface area contributed by atoms with Gasteiger partial charge in [-0.3, -0.25) is 19.4 Å². The smallest absolute Gasteiger partial charge is 0.308 e. The van der Waals surface area contributed by atoms with Gasteiger partial charge in [0.2, 0.25) is 12.7 Å². The molecular weight excluding hydrogens is 364 g/mol. The summed E-state index contributed by atoms with van der Waals surface area (Å²) in [5.74, 6) is -0.927. The third-order valence-electron chi connectivity index (χ3n) is 4.92. The van der Waals surface area contributed by atoms with Crippen molar-refractivity contribution in [1.82, 2.24) is 9.80 Å². The summed E-state index contributed by atoms with van der Waals surface area (Å²) in [5, 5.41) is 20.9. The van der Waals surface area contributed by atoms with Crippen LogP contribution in [0.1, 0.15) is 12.8 Å². The Morgan fingerprint density at radius 1 is 1.18 bits per heavy atom. The number of piperazine rings is 1. The molecule has 1 saturated heterocycles. The van der Waals surface area contributed by atoms with Crippen molar-refractivity contribution in [3.8, 4) is 17.6 Å². The van der Waals surface area contributed by atoms with Gasteiger partial charge in [0.15, 0.2) is 11.5 Å². The summed E-state index contributed by atoms with van der Waals surface area (Å²) in [4.78, 5) is 28.2. The maximum Gasteiger partial charge on any atom is 0.308 e. The summed E-state index contributed by atoms with van der Waals surface area (Å²) in [6.45, 7) is 4.30. The Morgan fingerprint density at radius 2 is 1.89 bits per heavy atom. The molecule has 1 amide bonds. The van der Waals surface area contributed by atoms with Crippen LogP contribution in [0.3, 0.4) is 0 Å². The lowest BCUT2D eigenvalue weighted by atomic mass is 10.0. The molecule has 0 bridgehead atoms. The van der Waals surface area contributed by atoms with E-state index in [2.05, 4.69) is 21.2 Å². The number of carboxylic acid groups (broad SMARTS) is 1. The number of carboxylic acids is 1. The number of ether oxygens (including phenoxy) is 2. The SMILES string of the molecule is N#CCCN1CCN(CC(CC(=O)Nc2ccc3c(c2)OCO3)C(=O)O)CC1. The maximum absolute atomic E-state index is 12.3. The molecule has 9 nitrogen and oxygen atoms in total. The fourth-order valence-corrected chi connectivity index (χ4v) is 3.36. The lowest BCUT2D eigenvalue weighted by Crippen LogP contribution is -2.48. The first-order valence-electron chi connectivity index (χ1n) is 9.29. The molecule has 1 aromatic carbocycles. The first kappa shape index (κ1) is 19.9. The van der Waals surface area contributed by atoms with Crippen LogP contribution in [0.4, 0.5) is 5.69 Å². The van der Waals surface area contributed by atoms with Crippen LogP contribution in [0.5, 0.6) is 11.5 Å². The highest BCUT2D eigenvalue weighted by molar-refractivity contribution is 5.93. The Bertz CT molecular complexity index is 755. The Kier molecular flexibility index (Phi) is 6.68. The molecule has 2 aliphatic heterocycles. The topological polar surface area (TPSA) is 115 Å². The average molecular weight is 388 g/mol. The monoisotopic (exact) mass is 388 g/mol. The van der Waals surface area contributed by atoms with Crippen molar-refractivity contribution in [2.75, 3.05) is 51.4 Å². The van der Waals surface area contributed by atoms with E-state index in [0.29, 0.717) is 30.2 Å². The predicted molar refractivity (Wildman–Crippen MR) is 100 cm³/mol. The molecule has 28 heavy (non-hydrogen) atoms. The van der Waals surface area contributed by atoms with E-state index < -0.39 is 11.9 Å². The minimum atomic E-state index is -0.979. The van der Waals surface area contributed by atoms with Gasteiger partial charge in [-0.25, -0.2) is 0 Å². The average Bonchev–Trinajstić information content (AvgIpc) is 3.14. The predicted octanol–water partition coefficient (Wildman–Crippen LogP) is 0.976. The van der Waals surface area contributed by atoms with Gasteiger partial charge in [-0.05, 0) is 12.1 Å². The molecule has 1 atom stereocenters. The molecule has 0 aliphatic carbocycles.